The lowest BCUT2D eigenvalue weighted by Crippen LogP contribution is -2.20. The first-order valence-electron chi connectivity index (χ1n) is 4.28. The number of carbonyl (C=O) groups excluding carboxylic acids is 1. The highest BCUT2D eigenvalue weighted by Gasteiger charge is 2.16. The minimum atomic E-state index is -0.711. The molecule has 0 aliphatic carbocycles. The lowest BCUT2D eigenvalue weighted by atomic mass is 10.3. The van der Waals surface area contributed by atoms with Crippen LogP contribution in [-0.4, -0.2) is 24.5 Å². The molecular formula is C9H10N2O5. The summed E-state index contributed by atoms with van der Waals surface area (Å²) >= 11 is 0. The first-order chi connectivity index (χ1) is 7.54. The van der Waals surface area contributed by atoms with E-state index in [1.807, 2.05) is 0 Å². The number of primary amides is 1. The standard InChI is InChI=1S/C9H10N2O5/c1-15-6-2-3-7(11(13)14)8(4-6)16-5-9(10)12/h2-4H,5H2,1H3,(H2,10,12). The van der Waals surface area contributed by atoms with Gasteiger partial charge in [-0.25, -0.2) is 0 Å². The largest absolute Gasteiger partial charge is 0.497 e. The molecule has 0 aliphatic heterocycles. The van der Waals surface area contributed by atoms with E-state index in [0.717, 1.165) is 0 Å². The molecule has 0 fully saturated rings. The van der Waals surface area contributed by atoms with Gasteiger partial charge in [0.05, 0.1) is 12.0 Å². The van der Waals surface area contributed by atoms with Gasteiger partial charge in [0.15, 0.2) is 6.61 Å². The number of nitro benzene ring substituents is 1. The van der Waals surface area contributed by atoms with Crippen LogP contribution in [0.4, 0.5) is 5.69 Å². The number of ether oxygens (including phenoxy) is 2. The van der Waals surface area contributed by atoms with E-state index in [-0.39, 0.29) is 11.4 Å². The lowest BCUT2D eigenvalue weighted by molar-refractivity contribution is -0.385. The maximum Gasteiger partial charge on any atom is 0.311 e. The van der Waals surface area contributed by atoms with E-state index < -0.39 is 17.4 Å². The molecule has 0 unspecified atom stereocenters. The molecule has 0 heterocycles. The smallest absolute Gasteiger partial charge is 0.311 e. The Morgan fingerprint density at radius 3 is 2.75 bits per heavy atom. The molecule has 0 aliphatic rings. The van der Waals surface area contributed by atoms with Crippen LogP contribution in [0.5, 0.6) is 11.5 Å². The Kier molecular flexibility index (Phi) is 3.65. The number of nitrogens with zero attached hydrogens (tertiary/aromatic N) is 1. The fraction of sp³-hybridized carbons (Fsp3) is 0.222. The molecule has 16 heavy (non-hydrogen) atoms. The van der Waals surface area contributed by atoms with Crippen LogP contribution in [0.3, 0.4) is 0 Å². The molecule has 2 N–H and O–H groups in total. The summed E-state index contributed by atoms with van der Waals surface area (Å²) in [5.74, 6) is -0.370. The van der Waals surface area contributed by atoms with Gasteiger partial charge >= 0.3 is 5.69 Å². The molecule has 1 rings (SSSR count). The number of nitrogens with two attached hydrogens (primary N) is 1. The summed E-state index contributed by atoms with van der Waals surface area (Å²) in [6.45, 7) is -0.423. The van der Waals surface area contributed by atoms with Crippen molar-refractivity contribution in [2.45, 2.75) is 0 Å². The third-order valence-corrected chi connectivity index (χ3v) is 1.73. The number of nitro groups is 1. The Bertz CT molecular complexity index is 418. The topological polar surface area (TPSA) is 105 Å². The van der Waals surface area contributed by atoms with Crippen LogP contribution >= 0.6 is 0 Å². The zero-order chi connectivity index (χ0) is 12.1. The number of methoxy groups -OCH3 is 1. The summed E-state index contributed by atoms with van der Waals surface area (Å²) in [5, 5.41) is 10.6. The number of carbonyl (C=O) groups is 1. The van der Waals surface area contributed by atoms with E-state index in [1.165, 1.54) is 25.3 Å². The molecule has 0 radical (unpaired) electrons. The highest BCUT2D eigenvalue weighted by atomic mass is 16.6. The van der Waals surface area contributed by atoms with Crippen LogP contribution in [0.25, 0.3) is 0 Å². The molecule has 7 heteroatoms. The van der Waals surface area contributed by atoms with Gasteiger partial charge in [-0.3, -0.25) is 14.9 Å². The van der Waals surface area contributed by atoms with Crippen LogP contribution in [0.1, 0.15) is 0 Å². The highest BCUT2D eigenvalue weighted by molar-refractivity contribution is 5.75. The SMILES string of the molecule is COc1ccc([N+](=O)[O-])c(OCC(N)=O)c1. The average molecular weight is 226 g/mol. The maximum absolute atomic E-state index is 10.6. The number of rotatable bonds is 5. The second kappa shape index (κ2) is 4.96. The molecule has 7 nitrogen and oxygen atoms in total. The summed E-state index contributed by atoms with van der Waals surface area (Å²) in [7, 11) is 1.42. The van der Waals surface area contributed by atoms with E-state index in [9.17, 15) is 14.9 Å². The molecule has 0 atom stereocenters. The van der Waals surface area contributed by atoms with E-state index >= 15 is 0 Å². The number of hydrogen-bond acceptors (Lipinski definition) is 5. The first-order valence-corrected chi connectivity index (χ1v) is 4.28. The van der Waals surface area contributed by atoms with Crippen LogP contribution in [-0.2, 0) is 4.79 Å². The lowest BCUT2D eigenvalue weighted by Gasteiger charge is -2.06. The second-order valence-corrected chi connectivity index (χ2v) is 2.85. The van der Waals surface area contributed by atoms with Crippen molar-refractivity contribution in [2.75, 3.05) is 13.7 Å². The fourth-order valence-electron chi connectivity index (χ4n) is 1.04. The van der Waals surface area contributed by atoms with E-state index in [1.54, 1.807) is 0 Å². The Hall–Kier alpha value is -2.31. The van der Waals surface area contributed by atoms with Gasteiger partial charge in [-0.05, 0) is 6.07 Å². The molecule has 0 bridgehead atoms. The normalized spacial score (nSPS) is 9.56. The van der Waals surface area contributed by atoms with E-state index in [0.29, 0.717) is 5.75 Å². The summed E-state index contributed by atoms with van der Waals surface area (Å²) in [6, 6.07) is 3.98. The minimum absolute atomic E-state index is 0.0526. The van der Waals surface area contributed by atoms with E-state index in [4.69, 9.17) is 15.2 Å². The zero-order valence-electron chi connectivity index (χ0n) is 8.50. The van der Waals surface area contributed by atoms with Crippen molar-refractivity contribution in [3.8, 4) is 11.5 Å². The van der Waals surface area contributed by atoms with Gasteiger partial charge in [0.1, 0.15) is 5.75 Å². The van der Waals surface area contributed by atoms with Crippen LogP contribution < -0.4 is 15.2 Å². The van der Waals surface area contributed by atoms with Crippen molar-refractivity contribution in [3.05, 3.63) is 28.3 Å². The Morgan fingerprint density at radius 1 is 1.56 bits per heavy atom. The van der Waals surface area contributed by atoms with Gasteiger partial charge in [0.25, 0.3) is 5.91 Å². The summed E-state index contributed by atoms with van der Waals surface area (Å²) in [6.07, 6.45) is 0. The number of amides is 1. The predicted molar refractivity (Wildman–Crippen MR) is 54.3 cm³/mol. The van der Waals surface area contributed by atoms with Gasteiger partial charge in [0, 0.05) is 12.1 Å². The minimum Gasteiger partial charge on any atom is -0.497 e. The van der Waals surface area contributed by atoms with Crippen molar-refractivity contribution in [1.29, 1.82) is 0 Å². The molecule has 1 amide bonds. The quantitative estimate of drug-likeness (QED) is 0.580. The van der Waals surface area contributed by atoms with Gasteiger partial charge in [-0.2, -0.15) is 0 Å². The Balaban J connectivity index is 3.00. The summed E-state index contributed by atoms with van der Waals surface area (Å²) in [5.41, 5.74) is 4.62. The van der Waals surface area contributed by atoms with Gasteiger partial charge in [-0.15, -0.1) is 0 Å². The predicted octanol–water partition coefficient (Wildman–Crippen LogP) is 0.467. The highest BCUT2D eigenvalue weighted by Crippen LogP contribution is 2.30. The molecular weight excluding hydrogens is 216 g/mol. The van der Waals surface area contributed by atoms with Crippen LogP contribution in [0.15, 0.2) is 18.2 Å². The molecule has 1 aromatic carbocycles. The van der Waals surface area contributed by atoms with Gasteiger partial charge in [0.2, 0.25) is 5.75 Å². The Labute approximate surface area is 90.9 Å². The van der Waals surface area contributed by atoms with Crippen molar-refractivity contribution in [2.24, 2.45) is 5.73 Å². The summed E-state index contributed by atoms with van der Waals surface area (Å²) in [4.78, 5) is 20.5. The zero-order valence-corrected chi connectivity index (χ0v) is 8.50. The average Bonchev–Trinajstić information content (AvgIpc) is 2.25. The third kappa shape index (κ3) is 2.84. The monoisotopic (exact) mass is 226 g/mol. The van der Waals surface area contributed by atoms with Crippen LogP contribution in [0, 0.1) is 10.1 Å². The fourth-order valence-corrected chi connectivity index (χ4v) is 1.04. The van der Waals surface area contributed by atoms with E-state index in [2.05, 4.69) is 0 Å². The molecule has 0 spiro atoms. The van der Waals surface area contributed by atoms with Crippen molar-refractivity contribution in [3.63, 3.8) is 0 Å². The summed E-state index contributed by atoms with van der Waals surface area (Å²) < 4.78 is 9.78. The van der Waals surface area contributed by atoms with Gasteiger partial charge in [-0.1, -0.05) is 0 Å². The van der Waals surface area contributed by atoms with Crippen molar-refractivity contribution in [1.82, 2.24) is 0 Å². The second-order valence-electron chi connectivity index (χ2n) is 2.85. The molecule has 0 aromatic heterocycles. The maximum atomic E-state index is 10.6. The number of hydrogen-bond donors (Lipinski definition) is 1. The first kappa shape index (κ1) is 11.8. The number of benzene rings is 1. The van der Waals surface area contributed by atoms with Crippen LogP contribution in [0.2, 0.25) is 0 Å². The van der Waals surface area contributed by atoms with Gasteiger partial charge < -0.3 is 15.2 Å². The molecule has 1 aromatic rings. The molecule has 0 saturated carbocycles. The van der Waals surface area contributed by atoms with Crippen molar-refractivity contribution >= 4 is 11.6 Å². The molecule has 86 valence electrons. The Morgan fingerprint density at radius 2 is 2.25 bits per heavy atom. The van der Waals surface area contributed by atoms with Crippen molar-refractivity contribution < 1.29 is 19.2 Å². The third-order valence-electron chi connectivity index (χ3n) is 1.73. The molecule has 0 saturated heterocycles.